The van der Waals surface area contributed by atoms with Crippen LogP contribution in [-0.2, 0) is 4.79 Å². The molecule has 0 aromatic rings. The second kappa shape index (κ2) is 42.6. The third-order valence-corrected chi connectivity index (χ3v) is 10.8. The van der Waals surface area contributed by atoms with E-state index < -0.39 is 24.2 Å². The Morgan fingerprint density at radius 2 is 0.769 bits per heavy atom. The molecule has 0 bridgehead atoms. The summed E-state index contributed by atoms with van der Waals surface area (Å²) in [5.74, 6) is -0.503. The number of unbranched alkanes of at least 4 members (excludes halogenated alkanes) is 32. The van der Waals surface area contributed by atoms with Gasteiger partial charge in [-0.25, -0.2) is 0 Å². The van der Waals surface area contributed by atoms with Crippen LogP contribution in [0, 0.1) is 0 Å². The zero-order valence-corrected chi connectivity index (χ0v) is 35.0. The van der Waals surface area contributed by atoms with Gasteiger partial charge in [-0.3, -0.25) is 4.79 Å². The number of hydrogen-bond acceptors (Lipinski definition) is 4. The summed E-state index contributed by atoms with van der Waals surface area (Å²) < 4.78 is 0. The summed E-state index contributed by atoms with van der Waals surface area (Å²) in [5.41, 5.74) is 0. The highest BCUT2D eigenvalue weighted by Gasteiger charge is 2.22. The van der Waals surface area contributed by atoms with Crippen LogP contribution in [0.5, 0.6) is 0 Å². The number of nitrogens with one attached hydrogen (secondary N) is 1. The molecular formula is C47H91NO4. The SMILES string of the molecule is CCCCCCCCCCCC/C=C/C(O)C(CO)NC(=O)C(O)CCCCCCCCCCCC/C=C\CCCCCCCCCCCCCC. The predicted octanol–water partition coefficient (Wildman–Crippen LogP) is 13.4. The third-order valence-electron chi connectivity index (χ3n) is 10.8. The van der Waals surface area contributed by atoms with E-state index in [-0.39, 0.29) is 6.61 Å². The number of rotatable bonds is 42. The lowest BCUT2D eigenvalue weighted by molar-refractivity contribution is -0.131. The van der Waals surface area contributed by atoms with E-state index in [0.29, 0.717) is 6.42 Å². The van der Waals surface area contributed by atoms with E-state index in [1.54, 1.807) is 6.08 Å². The third kappa shape index (κ3) is 37.2. The van der Waals surface area contributed by atoms with Crippen LogP contribution in [0.25, 0.3) is 0 Å². The molecule has 5 nitrogen and oxygen atoms in total. The summed E-state index contributed by atoms with van der Waals surface area (Å²) in [7, 11) is 0. The summed E-state index contributed by atoms with van der Waals surface area (Å²) in [6.07, 6.45) is 52.2. The van der Waals surface area contributed by atoms with Crippen molar-refractivity contribution in [2.24, 2.45) is 0 Å². The molecule has 0 spiro atoms. The van der Waals surface area contributed by atoms with E-state index >= 15 is 0 Å². The molecule has 1 amide bonds. The Morgan fingerprint density at radius 1 is 0.462 bits per heavy atom. The fraction of sp³-hybridized carbons (Fsp3) is 0.894. The lowest BCUT2D eigenvalue weighted by Gasteiger charge is -2.21. The largest absolute Gasteiger partial charge is 0.394 e. The van der Waals surface area contributed by atoms with Crippen molar-refractivity contribution in [1.29, 1.82) is 0 Å². The summed E-state index contributed by atoms with van der Waals surface area (Å²) in [6, 6.07) is -0.795. The van der Waals surface area contributed by atoms with E-state index in [2.05, 4.69) is 31.3 Å². The second-order valence-corrected chi connectivity index (χ2v) is 16.0. The molecule has 3 unspecified atom stereocenters. The van der Waals surface area contributed by atoms with Gasteiger partial charge in [0.15, 0.2) is 0 Å². The van der Waals surface area contributed by atoms with Gasteiger partial charge in [0.1, 0.15) is 6.10 Å². The van der Waals surface area contributed by atoms with Gasteiger partial charge >= 0.3 is 0 Å². The Hall–Kier alpha value is -1.17. The number of carbonyl (C=O) groups excluding carboxylic acids is 1. The Morgan fingerprint density at radius 3 is 1.12 bits per heavy atom. The van der Waals surface area contributed by atoms with Crippen molar-refractivity contribution in [1.82, 2.24) is 5.32 Å². The first-order valence-electron chi connectivity index (χ1n) is 23.2. The van der Waals surface area contributed by atoms with Crippen LogP contribution in [0.15, 0.2) is 24.3 Å². The predicted molar refractivity (Wildman–Crippen MR) is 227 cm³/mol. The molecule has 0 fully saturated rings. The first kappa shape index (κ1) is 50.8. The first-order chi connectivity index (χ1) is 25.6. The molecule has 0 rings (SSSR count). The van der Waals surface area contributed by atoms with Crippen molar-refractivity contribution < 1.29 is 20.1 Å². The Kier molecular flexibility index (Phi) is 41.6. The van der Waals surface area contributed by atoms with Gasteiger partial charge in [-0.2, -0.15) is 0 Å². The second-order valence-electron chi connectivity index (χ2n) is 16.0. The molecule has 5 heteroatoms. The quantitative estimate of drug-likeness (QED) is 0.0371. The average molecular weight is 734 g/mol. The molecule has 4 N–H and O–H groups in total. The van der Waals surface area contributed by atoms with Gasteiger partial charge in [0.05, 0.1) is 18.8 Å². The molecule has 308 valence electrons. The molecule has 0 aliphatic carbocycles. The normalized spacial score (nSPS) is 13.7. The van der Waals surface area contributed by atoms with Crippen LogP contribution >= 0.6 is 0 Å². The lowest BCUT2D eigenvalue weighted by atomic mass is 10.0. The number of allylic oxidation sites excluding steroid dienone is 3. The molecule has 0 heterocycles. The van der Waals surface area contributed by atoms with Crippen LogP contribution in [0.1, 0.15) is 245 Å². The van der Waals surface area contributed by atoms with E-state index in [4.69, 9.17) is 0 Å². The van der Waals surface area contributed by atoms with Crippen molar-refractivity contribution in [3.63, 3.8) is 0 Å². The molecule has 3 atom stereocenters. The van der Waals surface area contributed by atoms with Crippen molar-refractivity contribution in [3.05, 3.63) is 24.3 Å². The Labute approximate surface area is 324 Å². The van der Waals surface area contributed by atoms with Gasteiger partial charge in [0.25, 0.3) is 0 Å². The highest BCUT2D eigenvalue weighted by Crippen LogP contribution is 2.16. The minimum Gasteiger partial charge on any atom is -0.394 e. The van der Waals surface area contributed by atoms with Gasteiger partial charge in [-0.05, 0) is 44.9 Å². The lowest BCUT2D eigenvalue weighted by Crippen LogP contribution is -2.48. The minimum atomic E-state index is -1.10. The number of aliphatic hydroxyl groups excluding tert-OH is 3. The first-order valence-corrected chi connectivity index (χ1v) is 23.2. The van der Waals surface area contributed by atoms with E-state index in [1.807, 2.05) is 6.08 Å². The number of hydrogen-bond donors (Lipinski definition) is 4. The molecule has 0 radical (unpaired) electrons. The van der Waals surface area contributed by atoms with Crippen molar-refractivity contribution >= 4 is 5.91 Å². The van der Waals surface area contributed by atoms with Crippen LogP contribution in [0.3, 0.4) is 0 Å². The van der Waals surface area contributed by atoms with E-state index in [9.17, 15) is 20.1 Å². The zero-order valence-electron chi connectivity index (χ0n) is 35.0. The molecular weight excluding hydrogens is 643 g/mol. The van der Waals surface area contributed by atoms with Gasteiger partial charge in [0, 0.05) is 0 Å². The standard InChI is InChI=1S/C47H91NO4/c1-3-5-7-9-11-13-15-17-18-19-20-21-22-23-24-25-26-27-28-29-30-32-34-36-38-40-42-46(51)47(52)48-44(43-49)45(50)41-39-37-35-33-31-16-14-12-10-8-6-4-2/h23-24,39,41,44-46,49-51H,3-22,25-38,40,42-43H2,1-2H3,(H,48,52)/b24-23-,41-39+. The highest BCUT2D eigenvalue weighted by molar-refractivity contribution is 5.80. The summed E-state index contributed by atoms with van der Waals surface area (Å²) >= 11 is 0. The molecule has 0 aromatic carbocycles. The van der Waals surface area contributed by atoms with Crippen LogP contribution < -0.4 is 5.32 Å². The molecule has 0 aromatic heterocycles. The van der Waals surface area contributed by atoms with E-state index in [1.165, 1.54) is 193 Å². The van der Waals surface area contributed by atoms with Gasteiger partial charge in [-0.1, -0.05) is 224 Å². The number of amides is 1. The van der Waals surface area contributed by atoms with Crippen LogP contribution in [-0.4, -0.2) is 46.1 Å². The Balaban J connectivity index is 3.58. The van der Waals surface area contributed by atoms with Gasteiger partial charge in [-0.15, -0.1) is 0 Å². The number of carbonyl (C=O) groups is 1. The maximum atomic E-state index is 12.5. The van der Waals surface area contributed by atoms with Gasteiger partial charge < -0.3 is 20.6 Å². The monoisotopic (exact) mass is 734 g/mol. The van der Waals surface area contributed by atoms with Crippen molar-refractivity contribution in [2.75, 3.05) is 6.61 Å². The molecule has 0 saturated heterocycles. The summed E-state index contributed by atoms with van der Waals surface area (Å²) in [4.78, 5) is 12.5. The molecule has 52 heavy (non-hydrogen) atoms. The van der Waals surface area contributed by atoms with Crippen LogP contribution in [0.4, 0.5) is 0 Å². The molecule has 0 saturated carbocycles. The summed E-state index contributed by atoms with van der Waals surface area (Å²) in [5, 5.41) is 33.1. The van der Waals surface area contributed by atoms with Crippen molar-refractivity contribution in [2.45, 2.75) is 263 Å². The van der Waals surface area contributed by atoms with Crippen molar-refractivity contribution in [3.8, 4) is 0 Å². The smallest absolute Gasteiger partial charge is 0.249 e. The topological polar surface area (TPSA) is 89.8 Å². The summed E-state index contributed by atoms with van der Waals surface area (Å²) in [6.45, 7) is 4.18. The molecule has 0 aliphatic heterocycles. The van der Waals surface area contributed by atoms with Gasteiger partial charge in [0.2, 0.25) is 5.91 Å². The zero-order chi connectivity index (χ0) is 38.0. The highest BCUT2D eigenvalue weighted by atomic mass is 16.3. The molecule has 0 aliphatic rings. The maximum absolute atomic E-state index is 12.5. The average Bonchev–Trinajstić information content (AvgIpc) is 3.15. The fourth-order valence-corrected chi connectivity index (χ4v) is 7.12. The minimum absolute atomic E-state index is 0.362. The van der Waals surface area contributed by atoms with E-state index in [0.717, 1.165) is 32.1 Å². The maximum Gasteiger partial charge on any atom is 0.249 e. The van der Waals surface area contributed by atoms with Crippen LogP contribution in [0.2, 0.25) is 0 Å². The Bertz CT molecular complexity index is 768. The fourth-order valence-electron chi connectivity index (χ4n) is 7.12. The number of aliphatic hydroxyl groups is 3.